The minimum atomic E-state index is -0.778. The quantitative estimate of drug-likeness (QED) is 0.258. The van der Waals surface area contributed by atoms with E-state index in [-0.39, 0.29) is 23.8 Å². The Morgan fingerprint density at radius 1 is 1.10 bits per heavy atom. The zero-order valence-corrected chi connectivity index (χ0v) is 24.7. The molecule has 0 saturated heterocycles. The molecular formula is C32H29ClN2O5S. The summed E-state index contributed by atoms with van der Waals surface area (Å²) in [7, 11) is 1.59. The Morgan fingerprint density at radius 3 is 2.49 bits per heavy atom. The molecule has 0 N–H and O–H groups in total. The van der Waals surface area contributed by atoms with Crippen LogP contribution < -0.4 is 24.4 Å². The lowest BCUT2D eigenvalue weighted by Crippen LogP contribution is -2.40. The van der Waals surface area contributed by atoms with E-state index < -0.39 is 12.0 Å². The minimum absolute atomic E-state index is 0.0693. The molecule has 0 saturated carbocycles. The summed E-state index contributed by atoms with van der Waals surface area (Å²) < 4.78 is 18.8. The summed E-state index contributed by atoms with van der Waals surface area (Å²) in [6.07, 6.45) is 1.69. The van der Waals surface area contributed by atoms with Crippen LogP contribution in [0.15, 0.2) is 88.2 Å². The monoisotopic (exact) mass is 588 g/mol. The van der Waals surface area contributed by atoms with Crippen LogP contribution in [0.2, 0.25) is 5.02 Å². The molecule has 0 spiro atoms. The molecule has 1 aliphatic rings. The number of benzene rings is 3. The lowest BCUT2D eigenvalue weighted by Gasteiger charge is -2.26. The Balaban J connectivity index is 1.81. The number of halogens is 1. The number of hydrogen-bond donors (Lipinski definition) is 0. The van der Waals surface area contributed by atoms with Crippen LogP contribution in [0.5, 0.6) is 11.5 Å². The largest absolute Gasteiger partial charge is 0.497 e. The summed E-state index contributed by atoms with van der Waals surface area (Å²) in [5, 5.41) is 0.521. The first-order valence-electron chi connectivity index (χ1n) is 13.2. The van der Waals surface area contributed by atoms with Crippen LogP contribution in [0, 0.1) is 0 Å². The van der Waals surface area contributed by atoms with Crippen LogP contribution in [0.3, 0.4) is 0 Å². The van der Waals surface area contributed by atoms with Gasteiger partial charge in [-0.3, -0.25) is 9.36 Å². The molecule has 0 unspecified atom stereocenters. The predicted octanol–water partition coefficient (Wildman–Crippen LogP) is 5.38. The number of rotatable bonds is 8. The zero-order valence-electron chi connectivity index (χ0n) is 23.1. The van der Waals surface area contributed by atoms with Gasteiger partial charge in [0, 0.05) is 16.1 Å². The Bertz CT molecular complexity index is 1790. The van der Waals surface area contributed by atoms with Gasteiger partial charge in [-0.25, -0.2) is 9.79 Å². The first-order chi connectivity index (χ1) is 19.8. The van der Waals surface area contributed by atoms with Gasteiger partial charge in [-0.05, 0) is 62.7 Å². The van der Waals surface area contributed by atoms with Crippen molar-refractivity contribution in [2.45, 2.75) is 32.9 Å². The molecule has 0 bridgehead atoms. The predicted molar refractivity (Wildman–Crippen MR) is 161 cm³/mol. The molecule has 0 fully saturated rings. The molecule has 0 amide bonds. The molecule has 1 aromatic heterocycles. The summed E-state index contributed by atoms with van der Waals surface area (Å²) in [4.78, 5) is 33.0. The molecule has 0 aliphatic carbocycles. The SMILES string of the molecule is CCOC(=O)C1=C(c2ccccc2)N=c2s/c(=C\c3cc(Cl)ccc3OC(C)C)c(=O)n2[C@@H]1c1ccc(OC)cc1. The van der Waals surface area contributed by atoms with Crippen molar-refractivity contribution in [2.75, 3.05) is 13.7 Å². The van der Waals surface area contributed by atoms with E-state index in [9.17, 15) is 9.59 Å². The Labute approximate surface area is 246 Å². The average Bonchev–Trinajstić information content (AvgIpc) is 3.28. The first-order valence-corrected chi connectivity index (χ1v) is 14.4. The second kappa shape index (κ2) is 12.2. The van der Waals surface area contributed by atoms with Gasteiger partial charge in [0.05, 0.1) is 41.7 Å². The highest BCUT2D eigenvalue weighted by molar-refractivity contribution is 7.07. The van der Waals surface area contributed by atoms with Crippen molar-refractivity contribution in [2.24, 2.45) is 4.99 Å². The maximum atomic E-state index is 14.1. The zero-order chi connectivity index (χ0) is 29.1. The van der Waals surface area contributed by atoms with E-state index in [4.69, 9.17) is 30.8 Å². The average molecular weight is 589 g/mol. The first kappa shape index (κ1) is 28.4. The lowest BCUT2D eigenvalue weighted by atomic mass is 9.93. The third-order valence-electron chi connectivity index (χ3n) is 6.43. The van der Waals surface area contributed by atoms with E-state index in [1.165, 1.54) is 11.3 Å². The van der Waals surface area contributed by atoms with Crippen molar-refractivity contribution in [3.63, 3.8) is 0 Å². The normalized spacial score (nSPS) is 15.0. The van der Waals surface area contributed by atoms with Gasteiger partial charge in [0.2, 0.25) is 0 Å². The van der Waals surface area contributed by atoms with Crippen LogP contribution in [0.25, 0.3) is 11.8 Å². The van der Waals surface area contributed by atoms with Crippen LogP contribution >= 0.6 is 22.9 Å². The van der Waals surface area contributed by atoms with E-state index in [2.05, 4.69) is 0 Å². The Kier molecular flexibility index (Phi) is 8.42. The molecule has 1 atom stereocenters. The Morgan fingerprint density at radius 2 is 1.83 bits per heavy atom. The second-order valence-corrected chi connectivity index (χ2v) is 11.0. The second-order valence-electron chi connectivity index (χ2n) is 9.55. The molecule has 210 valence electrons. The number of fused-ring (bicyclic) bond motifs is 1. The molecule has 4 aromatic rings. The number of esters is 1. The highest BCUT2D eigenvalue weighted by Gasteiger charge is 2.35. The van der Waals surface area contributed by atoms with Crippen molar-refractivity contribution in [1.29, 1.82) is 0 Å². The third kappa shape index (κ3) is 5.85. The fourth-order valence-electron chi connectivity index (χ4n) is 4.68. The highest BCUT2D eigenvalue weighted by Crippen LogP contribution is 2.35. The van der Waals surface area contributed by atoms with Gasteiger partial charge in [0.25, 0.3) is 5.56 Å². The summed E-state index contributed by atoms with van der Waals surface area (Å²) in [6.45, 7) is 5.80. The molecule has 7 nitrogen and oxygen atoms in total. The number of nitrogens with zero attached hydrogens (tertiary/aromatic N) is 2. The van der Waals surface area contributed by atoms with Gasteiger partial charge in [-0.2, -0.15) is 0 Å². The standard InChI is InChI=1S/C32H29ClN2O5S/c1-5-39-31(37)27-28(20-9-7-6-8-10-20)34-32-35(29(27)21-11-14-24(38-4)15-12-21)30(36)26(41-32)18-22-17-23(33)13-16-25(22)40-19(2)3/h6-19,29H,5H2,1-4H3/b26-18-/t29-/m1/s1. The fourth-order valence-corrected chi connectivity index (χ4v) is 5.85. The summed E-state index contributed by atoms with van der Waals surface area (Å²) in [6, 6.07) is 21.3. The number of carbonyl (C=O) groups is 1. The molecule has 41 heavy (non-hydrogen) atoms. The topological polar surface area (TPSA) is 79.1 Å². The van der Waals surface area contributed by atoms with Crippen molar-refractivity contribution in [3.05, 3.63) is 120 Å². The van der Waals surface area contributed by atoms with Gasteiger partial charge in [0.1, 0.15) is 11.5 Å². The highest BCUT2D eigenvalue weighted by atomic mass is 35.5. The maximum Gasteiger partial charge on any atom is 0.338 e. The smallest absolute Gasteiger partial charge is 0.338 e. The van der Waals surface area contributed by atoms with Crippen LogP contribution in [0.4, 0.5) is 0 Å². The molecule has 2 heterocycles. The van der Waals surface area contributed by atoms with Gasteiger partial charge < -0.3 is 14.2 Å². The lowest BCUT2D eigenvalue weighted by molar-refractivity contribution is -0.138. The number of ether oxygens (including phenoxy) is 3. The number of aromatic nitrogens is 1. The van der Waals surface area contributed by atoms with Crippen molar-refractivity contribution < 1.29 is 19.0 Å². The van der Waals surface area contributed by atoms with E-state index in [1.807, 2.05) is 56.3 Å². The number of thiazole rings is 1. The van der Waals surface area contributed by atoms with Crippen molar-refractivity contribution >= 4 is 40.7 Å². The molecule has 3 aromatic carbocycles. The van der Waals surface area contributed by atoms with E-state index >= 15 is 0 Å². The van der Waals surface area contributed by atoms with Gasteiger partial charge in [0.15, 0.2) is 4.80 Å². The van der Waals surface area contributed by atoms with Gasteiger partial charge in [-0.15, -0.1) is 0 Å². The van der Waals surface area contributed by atoms with Crippen LogP contribution in [-0.2, 0) is 9.53 Å². The number of methoxy groups -OCH3 is 1. The van der Waals surface area contributed by atoms with E-state index in [0.29, 0.717) is 37.1 Å². The molecule has 5 rings (SSSR count). The van der Waals surface area contributed by atoms with E-state index in [1.54, 1.807) is 55.0 Å². The molecule has 0 radical (unpaired) electrons. The van der Waals surface area contributed by atoms with Crippen molar-refractivity contribution in [1.82, 2.24) is 4.57 Å². The molecular weight excluding hydrogens is 560 g/mol. The molecule has 1 aliphatic heterocycles. The molecule has 9 heteroatoms. The Hall–Kier alpha value is -4.14. The van der Waals surface area contributed by atoms with Crippen LogP contribution in [-0.4, -0.2) is 30.4 Å². The van der Waals surface area contributed by atoms with Gasteiger partial charge >= 0.3 is 5.97 Å². The number of hydrogen-bond acceptors (Lipinski definition) is 7. The summed E-state index contributed by atoms with van der Waals surface area (Å²) in [5.41, 5.74) is 2.59. The summed E-state index contributed by atoms with van der Waals surface area (Å²) >= 11 is 7.56. The van der Waals surface area contributed by atoms with Crippen molar-refractivity contribution in [3.8, 4) is 11.5 Å². The summed E-state index contributed by atoms with van der Waals surface area (Å²) in [5.74, 6) is 0.733. The number of carbonyl (C=O) groups excluding carboxylic acids is 1. The van der Waals surface area contributed by atoms with E-state index in [0.717, 1.165) is 11.1 Å². The maximum absolute atomic E-state index is 14.1. The minimum Gasteiger partial charge on any atom is -0.497 e. The fraction of sp³-hybridized carbons (Fsp3) is 0.219. The van der Waals surface area contributed by atoms with Gasteiger partial charge in [-0.1, -0.05) is 65.4 Å². The van der Waals surface area contributed by atoms with Crippen LogP contribution in [0.1, 0.15) is 43.5 Å². The third-order valence-corrected chi connectivity index (χ3v) is 7.64.